The van der Waals surface area contributed by atoms with Gasteiger partial charge in [0.1, 0.15) is 0 Å². The number of fused-ring (bicyclic) bond motifs is 19. The summed E-state index contributed by atoms with van der Waals surface area (Å²) in [6, 6.07) is 32.2. The Labute approximate surface area is 247 Å². The molecule has 41 heavy (non-hydrogen) atoms. The number of benzene rings is 4. The molecule has 0 saturated carbocycles. The smallest absolute Gasteiger partial charge is 0.0920 e. The molecular formula is C33H18N7Zn-3. The molecule has 3 aliphatic heterocycles. The van der Waals surface area contributed by atoms with E-state index in [1.807, 2.05) is 72.8 Å². The third-order valence-corrected chi connectivity index (χ3v) is 7.64. The van der Waals surface area contributed by atoms with E-state index in [-0.39, 0.29) is 25.5 Å². The number of amidine groups is 3. The molecule has 1 atom stereocenters. The zero-order chi connectivity index (χ0) is 26.2. The molecular weight excluding hydrogens is 560 g/mol. The average molecular weight is 578 g/mol. The van der Waals surface area contributed by atoms with Gasteiger partial charge in [-0.25, -0.2) is 4.99 Å². The van der Waals surface area contributed by atoms with Crippen molar-refractivity contribution in [1.29, 1.82) is 0 Å². The van der Waals surface area contributed by atoms with Gasteiger partial charge in [-0.1, -0.05) is 109 Å². The summed E-state index contributed by atoms with van der Waals surface area (Å²) in [6.07, 6.45) is 2.10. The summed E-state index contributed by atoms with van der Waals surface area (Å²) < 4.78 is 0. The van der Waals surface area contributed by atoms with Gasteiger partial charge in [-0.05, 0) is 49.3 Å². The van der Waals surface area contributed by atoms with Crippen LogP contribution in [0, 0.1) is 0 Å². The zero-order valence-corrected chi connectivity index (χ0v) is 24.7. The van der Waals surface area contributed by atoms with Crippen molar-refractivity contribution in [3.8, 4) is 0 Å². The first kappa shape index (κ1) is 23.9. The van der Waals surface area contributed by atoms with Gasteiger partial charge in [-0.15, -0.1) is 0 Å². The van der Waals surface area contributed by atoms with Crippen molar-refractivity contribution in [3.05, 3.63) is 135 Å². The molecule has 7 nitrogen and oxygen atoms in total. The van der Waals surface area contributed by atoms with Crippen molar-refractivity contribution < 1.29 is 19.5 Å². The second-order valence-electron chi connectivity index (χ2n) is 9.96. The van der Waals surface area contributed by atoms with E-state index < -0.39 is 0 Å². The molecule has 190 valence electrons. The van der Waals surface area contributed by atoms with Gasteiger partial charge in [0.25, 0.3) is 0 Å². The van der Waals surface area contributed by atoms with Gasteiger partial charge >= 0.3 is 0 Å². The van der Waals surface area contributed by atoms with Crippen molar-refractivity contribution in [2.45, 2.75) is 6.04 Å². The van der Waals surface area contributed by atoms with Crippen LogP contribution in [0.1, 0.15) is 28.3 Å². The topological polar surface area (TPSA) is 91.7 Å². The van der Waals surface area contributed by atoms with Crippen molar-refractivity contribution in [3.63, 3.8) is 0 Å². The fourth-order valence-corrected chi connectivity index (χ4v) is 5.77. The van der Waals surface area contributed by atoms with E-state index in [1.165, 1.54) is 0 Å². The molecule has 5 heterocycles. The summed E-state index contributed by atoms with van der Waals surface area (Å²) >= 11 is 0. The summed E-state index contributed by atoms with van der Waals surface area (Å²) in [5.74, 6) is 2.98. The van der Waals surface area contributed by atoms with Crippen LogP contribution >= 0.6 is 0 Å². The predicted molar refractivity (Wildman–Crippen MR) is 158 cm³/mol. The molecule has 1 unspecified atom stereocenters. The Morgan fingerprint density at radius 3 is 1.85 bits per heavy atom. The van der Waals surface area contributed by atoms with Crippen LogP contribution in [0.2, 0.25) is 0 Å². The molecule has 0 spiro atoms. The number of hydrogen-bond donors (Lipinski definition) is 0. The minimum absolute atomic E-state index is 0. The molecule has 0 aliphatic carbocycles. The van der Waals surface area contributed by atoms with Crippen LogP contribution < -0.4 is 20.8 Å². The first-order chi connectivity index (χ1) is 19.8. The molecule has 0 fully saturated rings. The van der Waals surface area contributed by atoms with E-state index in [0.717, 1.165) is 49.1 Å². The van der Waals surface area contributed by atoms with E-state index in [2.05, 4.69) is 30.3 Å². The predicted octanol–water partition coefficient (Wildman–Crippen LogP) is 5.36. The van der Waals surface area contributed by atoms with E-state index >= 15 is 0 Å². The fourth-order valence-electron chi connectivity index (χ4n) is 5.77. The molecule has 9 rings (SSSR count). The van der Waals surface area contributed by atoms with Gasteiger partial charge in [-0.3, -0.25) is 0 Å². The maximum absolute atomic E-state index is 5.06. The average Bonchev–Trinajstić information content (AvgIpc) is 3.73. The zero-order valence-electron chi connectivity index (χ0n) is 21.7. The maximum atomic E-state index is 5.06. The molecule has 4 aromatic carbocycles. The standard InChI is InChI=1S/C33H18N7.Zn/c1-3-11-20-18(9-1)26-17-27-19-10-2-4-12-21(19)29(35-27)37-31-23-14-6-8-16-25(23)33(39-31)40-32-24-15-7-5-13-22(24)30(38-32)36-28(20)34-26;/h1-17,26H;/q-3;/b27-17-;. The first-order valence-corrected chi connectivity index (χ1v) is 13.1. The van der Waals surface area contributed by atoms with Gasteiger partial charge in [0.2, 0.25) is 0 Å². The van der Waals surface area contributed by atoms with Crippen molar-refractivity contribution in [1.82, 2.24) is 9.97 Å². The molecule has 0 saturated heterocycles. The second kappa shape index (κ2) is 9.05. The number of aromatic nitrogens is 2. The summed E-state index contributed by atoms with van der Waals surface area (Å²) in [5, 5.41) is 9.74. The molecule has 2 aromatic heterocycles. The van der Waals surface area contributed by atoms with Crippen LogP contribution in [-0.4, -0.2) is 17.5 Å². The second-order valence-corrected chi connectivity index (χ2v) is 9.96. The van der Waals surface area contributed by atoms with Crippen LogP contribution in [0.4, 0.5) is 11.6 Å². The quantitative estimate of drug-likeness (QED) is 0.227. The fraction of sp³-hybridized carbons (Fsp3) is 0.0303. The van der Waals surface area contributed by atoms with E-state index in [1.54, 1.807) is 0 Å². The third kappa shape index (κ3) is 3.61. The molecule has 8 heteroatoms. The van der Waals surface area contributed by atoms with E-state index in [4.69, 9.17) is 35.3 Å². The minimum atomic E-state index is -0.233. The number of rotatable bonds is 0. The van der Waals surface area contributed by atoms with Gasteiger partial charge in [0.15, 0.2) is 0 Å². The first-order valence-electron chi connectivity index (χ1n) is 13.1. The minimum Gasteiger partial charge on any atom is -0.454 e. The Morgan fingerprint density at radius 1 is 0.512 bits per heavy atom. The van der Waals surface area contributed by atoms with E-state index in [0.29, 0.717) is 34.6 Å². The Balaban J connectivity index is 0.00000256. The summed E-state index contributed by atoms with van der Waals surface area (Å²) in [6.45, 7) is 0. The Morgan fingerprint density at radius 2 is 1.10 bits per heavy atom. The summed E-state index contributed by atoms with van der Waals surface area (Å²) in [7, 11) is 0. The molecule has 3 aliphatic rings. The van der Waals surface area contributed by atoms with E-state index in [9.17, 15) is 0 Å². The van der Waals surface area contributed by atoms with Gasteiger partial charge in [-0.2, -0.15) is 0 Å². The normalized spacial score (nSPS) is 19.8. The van der Waals surface area contributed by atoms with Crippen molar-refractivity contribution in [2.24, 2.45) is 20.0 Å². The van der Waals surface area contributed by atoms with Gasteiger partial charge < -0.3 is 30.3 Å². The Kier molecular flexibility index (Phi) is 5.28. The molecule has 8 bridgehead atoms. The largest absolute Gasteiger partial charge is 0.454 e. The van der Waals surface area contributed by atoms with Crippen LogP contribution in [0.3, 0.4) is 0 Å². The van der Waals surface area contributed by atoms with Crippen LogP contribution in [0.25, 0.3) is 32.9 Å². The van der Waals surface area contributed by atoms with Crippen LogP contribution in [-0.2, 0) is 19.5 Å². The Bertz CT molecular complexity index is 2260. The van der Waals surface area contributed by atoms with Gasteiger partial charge in [0, 0.05) is 42.5 Å². The Hall–Kier alpha value is -4.94. The van der Waals surface area contributed by atoms with Crippen LogP contribution in [0.5, 0.6) is 0 Å². The summed E-state index contributed by atoms with van der Waals surface area (Å²) in [4.78, 5) is 29.8. The van der Waals surface area contributed by atoms with Crippen LogP contribution in [0.15, 0.2) is 117 Å². The summed E-state index contributed by atoms with van der Waals surface area (Å²) in [5.41, 5.74) is 4.54. The molecule has 0 amide bonds. The molecule has 0 radical (unpaired) electrons. The van der Waals surface area contributed by atoms with Crippen molar-refractivity contribution >= 4 is 56.8 Å². The number of hydrogen-bond acceptors (Lipinski definition) is 4. The number of nitrogens with zero attached hydrogens (tertiary/aromatic N) is 7. The van der Waals surface area contributed by atoms with Gasteiger partial charge in [0.05, 0.1) is 11.7 Å². The molecule has 0 N–H and O–H groups in total. The third-order valence-electron chi connectivity index (χ3n) is 7.64. The SMILES string of the molecule is C1=c2\[n-]c(c3ccccc23)=NC2=N/C(=N\c3[n-]c(c4ccccc34)/N=C3\[N-]C/1c1ccccc13)c1ccccc12.[Zn]. The monoisotopic (exact) mass is 576 g/mol. The maximum Gasteiger partial charge on any atom is 0.0920 e. The van der Waals surface area contributed by atoms with Crippen molar-refractivity contribution in [2.75, 3.05) is 0 Å². The number of aliphatic imine (C=N–C) groups is 3. The molecule has 6 aromatic rings.